The Morgan fingerprint density at radius 1 is 1.24 bits per heavy atom. The average molecular weight is 298 g/mol. The van der Waals surface area contributed by atoms with Gasteiger partial charge in [0.05, 0.1) is 5.92 Å². The second-order valence-corrected chi connectivity index (χ2v) is 6.58. The molecule has 3 unspecified atom stereocenters. The van der Waals surface area contributed by atoms with Crippen LogP contribution in [0.25, 0.3) is 0 Å². The second-order valence-electron chi connectivity index (χ2n) is 6.58. The zero-order valence-electron chi connectivity index (χ0n) is 13.5. The van der Waals surface area contributed by atoms with Crippen LogP contribution in [0, 0.1) is 17.8 Å². The number of carbonyl (C=O) groups is 2. The normalized spacial score (nSPS) is 23.6. The highest BCUT2D eigenvalue weighted by Gasteiger charge is 2.25. The first-order chi connectivity index (χ1) is 9.93. The highest BCUT2D eigenvalue weighted by atomic mass is 16.4. The minimum absolute atomic E-state index is 0.197. The first-order valence-electron chi connectivity index (χ1n) is 8.21. The average Bonchev–Trinajstić information content (AvgIpc) is 2.43. The van der Waals surface area contributed by atoms with Crippen LogP contribution in [0.15, 0.2) is 0 Å². The lowest BCUT2D eigenvalue weighted by Gasteiger charge is -2.31. The highest BCUT2D eigenvalue weighted by molar-refractivity contribution is 5.76. The smallest absolute Gasteiger partial charge is 0.315 e. The molecule has 1 rings (SSSR count). The van der Waals surface area contributed by atoms with E-state index in [0.717, 1.165) is 19.3 Å². The predicted molar refractivity (Wildman–Crippen MR) is 83.2 cm³/mol. The number of amides is 2. The molecule has 5 heteroatoms. The Labute approximate surface area is 127 Å². The summed E-state index contributed by atoms with van der Waals surface area (Å²) >= 11 is 0. The Morgan fingerprint density at radius 3 is 2.48 bits per heavy atom. The van der Waals surface area contributed by atoms with Crippen molar-refractivity contribution in [3.8, 4) is 0 Å². The van der Waals surface area contributed by atoms with E-state index in [1.54, 1.807) is 0 Å². The van der Waals surface area contributed by atoms with Crippen LogP contribution in [0.3, 0.4) is 0 Å². The van der Waals surface area contributed by atoms with Crippen molar-refractivity contribution < 1.29 is 14.7 Å². The van der Waals surface area contributed by atoms with Crippen molar-refractivity contribution in [1.82, 2.24) is 10.6 Å². The van der Waals surface area contributed by atoms with Gasteiger partial charge in [0.25, 0.3) is 0 Å². The summed E-state index contributed by atoms with van der Waals surface area (Å²) in [6.45, 7) is 6.34. The summed E-state index contributed by atoms with van der Waals surface area (Å²) < 4.78 is 0. The number of carbonyl (C=O) groups excluding carboxylic acids is 1. The monoisotopic (exact) mass is 298 g/mol. The zero-order chi connectivity index (χ0) is 15.8. The summed E-state index contributed by atoms with van der Waals surface area (Å²) in [5, 5.41) is 14.9. The quantitative estimate of drug-likeness (QED) is 0.676. The molecule has 0 aromatic heterocycles. The summed E-state index contributed by atoms with van der Waals surface area (Å²) in [6.07, 6.45) is 6.26. The molecule has 1 aliphatic rings. The summed E-state index contributed by atoms with van der Waals surface area (Å²) in [4.78, 5) is 23.1. The number of rotatable bonds is 7. The van der Waals surface area contributed by atoms with Gasteiger partial charge in [0.1, 0.15) is 0 Å². The van der Waals surface area contributed by atoms with Crippen LogP contribution >= 0.6 is 0 Å². The molecule has 5 nitrogen and oxygen atoms in total. The van der Waals surface area contributed by atoms with Gasteiger partial charge in [0, 0.05) is 12.6 Å². The number of nitrogens with one attached hydrogen (secondary N) is 2. The zero-order valence-corrected chi connectivity index (χ0v) is 13.5. The Balaban J connectivity index is 2.39. The van der Waals surface area contributed by atoms with Gasteiger partial charge < -0.3 is 15.7 Å². The molecule has 1 fully saturated rings. The Morgan fingerprint density at radius 2 is 1.90 bits per heavy atom. The van der Waals surface area contributed by atoms with Gasteiger partial charge in [-0.1, -0.05) is 40.0 Å². The molecule has 21 heavy (non-hydrogen) atoms. The molecule has 0 saturated heterocycles. The van der Waals surface area contributed by atoms with Gasteiger partial charge in [-0.15, -0.1) is 0 Å². The molecule has 2 amide bonds. The fourth-order valence-corrected chi connectivity index (χ4v) is 3.16. The summed E-state index contributed by atoms with van der Waals surface area (Å²) in [5.74, 6) is -0.494. The van der Waals surface area contributed by atoms with E-state index in [1.165, 1.54) is 12.8 Å². The molecular formula is C16H30N2O3. The van der Waals surface area contributed by atoms with Crippen molar-refractivity contribution in [1.29, 1.82) is 0 Å². The van der Waals surface area contributed by atoms with Crippen molar-refractivity contribution >= 4 is 12.0 Å². The van der Waals surface area contributed by atoms with Crippen LogP contribution in [0.2, 0.25) is 0 Å². The van der Waals surface area contributed by atoms with Crippen LogP contribution in [0.4, 0.5) is 4.79 Å². The van der Waals surface area contributed by atoms with E-state index < -0.39 is 11.9 Å². The summed E-state index contributed by atoms with van der Waals surface area (Å²) in [5.41, 5.74) is 0. The molecule has 1 aliphatic carbocycles. The van der Waals surface area contributed by atoms with Crippen LogP contribution in [-0.2, 0) is 4.79 Å². The third-order valence-corrected chi connectivity index (χ3v) is 4.36. The summed E-state index contributed by atoms with van der Waals surface area (Å²) in [6, 6.07) is 0.00693. The predicted octanol–water partition coefficient (Wildman–Crippen LogP) is 3.00. The lowest BCUT2D eigenvalue weighted by molar-refractivity contribution is -0.142. The van der Waals surface area contributed by atoms with E-state index >= 15 is 0 Å². The van der Waals surface area contributed by atoms with Gasteiger partial charge in [-0.3, -0.25) is 4.79 Å². The minimum atomic E-state index is -0.840. The molecular weight excluding hydrogens is 268 g/mol. The number of hydrogen-bond donors (Lipinski definition) is 3. The van der Waals surface area contributed by atoms with E-state index in [9.17, 15) is 9.59 Å². The van der Waals surface area contributed by atoms with Gasteiger partial charge in [0.15, 0.2) is 0 Å². The minimum Gasteiger partial charge on any atom is -0.481 e. The van der Waals surface area contributed by atoms with Crippen molar-refractivity contribution in [2.24, 2.45) is 17.8 Å². The molecule has 0 heterocycles. The van der Waals surface area contributed by atoms with Crippen molar-refractivity contribution in [2.75, 3.05) is 6.54 Å². The van der Waals surface area contributed by atoms with Crippen LogP contribution in [0.5, 0.6) is 0 Å². The van der Waals surface area contributed by atoms with Gasteiger partial charge >= 0.3 is 12.0 Å². The summed E-state index contributed by atoms with van der Waals surface area (Å²) in [7, 11) is 0. The lowest BCUT2D eigenvalue weighted by atomic mass is 9.83. The topological polar surface area (TPSA) is 78.4 Å². The van der Waals surface area contributed by atoms with E-state index in [4.69, 9.17) is 5.11 Å². The third-order valence-electron chi connectivity index (χ3n) is 4.36. The molecule has 1 saturated carbocycles. The standard InChI is InChI=1S/C16H30N2O3/c1-4-12-7-5-6-8-14(12)18-16(21)17-10-13(15(19)20)9-11(2)3/h11-14H,4-10H2,1-3H3,(H,19,20)(H2,17,18,21). The van der Waals surface area contributed by atoms with E-state index in [-0.39, 0.29) is 18.6 Å². The van der Waals surface area contributed by atoms with Crippen LogP contribution in [-0.4, -0.2) is 29.7 Å². The molecule has 0 aliphatic heterocycles. The molecule has 0 spiro atoms. The fourth-order valence-electron chi connectivity index (χ4n) is 3.16. The van der Waals surface area contributed by atoms with Gasteiger partial charge in [-0.25, -0.2) is 4.79 Å². The van der Waals surface area contributed by atoms with Crippen molar-refractivity contribution in [3.63, 3.8) is 0 Å². The SMILES string of the molecule is CCC1CCCCC1NC(=O)NCC(CC(C)C)C(=O)O. The molecule has 0 aromatic rings. The lowest BCUT2D eigenvalue weighted by Crippen LogP contribution is -2.48. The molecule has 3 atom stereocenters. The van der Waals surface area contributed by atoms with Crippen molar-refractivity contribution in [3.05, 3.63) is 0 Å². The largest absolute Gasteiger partial charge is 0.481 e. The molecule has 0 radical (unpaired) electrons. The van der Waals surface area contributed by atoms with Crippen LogP contribution < -0.4 is 10.6 Å². The molecule has 3 N–H and O–H groups in total. The highest BCUT2D eigenvalue weighted by Crippen LogP contribution is 2.26. The number of carboxylic acids is 1. The van der Waals surface area contributed by atoms with Gasteiger partial charge in [0.2, 0.25) is 0 Å². The maximum atomic E-state index is 12.0. The van der Waals surface area contributed by atoms with Crippen LogP contribution in [0.1, 0.15) is 59.3 Å². The van der Waals surface area contributed by atoms with E-state index in [2.05, 4.69) is 17.6 Å². The first-order valence-corrected chi connectivity index (χ1v) is 8.21. The fraction of sp³-hybridized carbons (Fsp3) is 0.875. The number of urea groups is 1. The van der Waals surface area contributed by atoms with Gasteiger partial charge in [-0.05, 0) is 31.1 Å². The molecule has 0 bridgehead atoms. The third kappa shape index (κ3) is 6.36. The number of aliphatic carboxylic acids is 1. The number of hydrogen-bond acceptors (Lipinski definition) is 2. The van der Waals surface area contributed by atoms with E-state index in [0.29, 0.717) is 18.3 Å². The second kappa shape index (κ2) is 8.90. The first kappa shape index (κ1) is 17.8. The number of carboxylic acid groups (broad SMARTS) is 1. The Hall–Kier alpha value is -1.26. The maximum absolute atomic E-state index is 12.0. The molecule has 0 aromatic carbocycles. The Bertz CT molecular complexity index is 344. The molecule has 122 valence electrons. The Kier molecular flexibility index (Phi) is 7.54. The van der Waals surface area contributed by atoms with Gasteiger partial charge in [-0.2, -0.15) is 0 Å². The van der Waals surface area contributed by atoms with Crippen molar-refractivity contribution in [2.45, 2.75) is 65.3 Å². The van der Waals surface area contributed by atoms with E-state index in [1.807, 2.05) is 13.8 Å². The maximum Gasteiger partial charge on any atom is 0.315 e.